The predicted molar refractivity (Wildman–Crippen MR) is 89.5 cm³/mol. The van der Waals surface area contributed by atoms with Crippen LogP contribution in [0.3, 0.4) is 0 Å². The summed E-state index contributed by atoms with van der Waals surface area (Å²) < 4.78 is 42.2. The number of benzene rings is 2. The van der Waals surface area contributed by atoms with Gasteiger partial charge >= 0.3 is 6.61 Å². The molecule has 6 heteroatoms. The molecule has 0 bridgehead atoms. The molecule has 2 nitrogen and oxygen atoms in total. The summed E-state index contributed by atoms with van der Waals surface area (Å²) >= 11 is 1.41. The summed E-state index contributed by atoms with van der Waals surface area (Å²) in [6.07, 6.45) is 3.40. The molecule has 0 saturated carbocycles. The number of nitrogens with zero attached hydrogens (tertiary/aromatic N) is 1. The van der Waals surface area contributed by atoms with Gasteiger partial charge in [-0.3, -0.25) is 0 Å². The molecule has 0 N–H and O–H groups in total. The van der Waals surface area contributed by atoms with Crippen LogP contribution < -0.4 is 4.74 Å². The molecule has 0 spiro atoms. The maximum atomic E-state index is 13.0. The Balaban J connectivity index is 1.80. The van der Waals surface area contributed by atoms with Crippen molar-refractivity contribution in [1.29, 1.82) is 0 Å². The number of alkyl halides is 2. The van der Waals surface area contributed by atoms with Crippen molar-refractivity contribution in [2.24, 2.45) is 0 Å². The number of para-hydroxylation sites is 1. The number of ether oxygens (including phenoxy) is 1. The summed E-state index contributed by atoms with van der Waals surface area (Å²) in [4.78, 5) is 4.44. The molecule has 122 valence electrons. The molecule has 0 atom stereocenters. The molecule has 0 aliphatic heterocycles. The minimum Gasteiger partial charge on any atom is -0.434 e. The van der Waals surface area contributed by atoms with E-state index in [1.807, 2.05) is 5.38 Å². The van der Waals surface area contributed by atoms with Gasteiger partial charge in [-0.1, -0.05) is 18.2 Å². The molecular weight excluding hydrogens is 335 g/mol. The molecule has 0 aliphatic rings. The van der Waals surface area contributed by atoms with Crippen molar-refractivity contribution >= 4 is 23.5 Å². The average molecular weight is 347 g/mol. The number of aromatic nitrogens is 1. The molecule has 0 unspecified atom stereocenters. The molecule has 0 amide bonds. The molecule has 0 aliphatic carbocycles. The quantitative estimate of drug-likeness (QED) is 0.589. The maximum Gasteiger partial charge on any atom is 0.387 e. The van der Waals surface area contributed by atoms with Gasteiger partial charge in [-0.15, -0.1) is 11.3 Å². The van der Waals surface area contributed by atoms with E-state index in [9.17, 15) is 13.2 Å². The molecule has 24 heavy (non-hydrogen) atoms. The second kappa shape index (κ2) is 7.31. The Morgan fingerprint density at radius 3 is 2.50 bits per heavy atom. The Hall–Kier alpha value is -2.60. The molecule has 1 heterocycles. The predicted octanol–water partition coefficient (Wildman–Crippen LogP) is 5.72. The lowest BCUT2D eigenvalue weighted by Crippen LogP contribution is -2.02. The van der Waals surface area contributed by atoms with Gasteiger partial charge in [0.2, 0.25) is 0 Å². The summed E-state index contributed by atoms with van der Waals surface area (Å²) in [6.45, 7) is -2.87. The summed E-state index contributed by atoms with van der Waals surface area (Å²) in [5.41, 5.74) is 2.09. The van der Waals surface area contributed by atoms with Crippen molar-refractivity contribution in [3.63, 3.8) is 0 Å². The highest BCUT2D eigenvalue weighted by Gasteiger charge is 2.07. The Kier molecular flexibility index (Phi) is 4.96. The fraction of sp³-hybridized carbons (Fsp3) is 0.0556. The summed E-state index contributed by atoms with van der Waals surface area (Å²) in [5, 5.41) is 2.57. The Morgan fingerprint density at radius 1 is 1.00 bits per heavy atom. The van der Waals surface area contributed by atoms with Crippen molar-refractivity contribution in [3.8, 4) is 17.0 Å². The third kappa shape index (κ3) is 4.02. The van der Waals surface area contributed by atoms with Gasteiger partial charge in [-0.05, 0) is 42.5 Å². The lowest BCUT2D eigenvalue weighted by molar-refractivity contribution is -0.0499. The largest absolute Gasteiger partial charge is 0.434 e. The fourth-order valence-corrected chi connectivity index (χ4v) is 2.82. The summed E-state index contributed by atoms with van der Waals surface area (Å²) in [6, 6.07) is 12.6. The second-order valence-corrected chi connectivity index (χ2v) is 5.72. The van der Waals surface area contributed by atoms with Crippen LogP contribution in [0, 0.1) is 5.82 Å². The van der Waals surface area contributed by atoms with Crippen LogP contribution in [0.15, 0.2) is 53.9 Å². The molecule has 0 saturated heterocycles. The van der Waals surface area contributed by atoms with E-state index >= 15 is 0 Å². The Morgan fingerprint density at radius 2 is 1.75 bits per heavy atom. The number of halogens is 3. The van der Waals surface area contributed by atoms with Gasteiger partial charge < -0.3 is 4.74 Å². The van der Waals surface area contributed by atoms with E-state index in [1.54, 1.807) is 42.5 Å². The van der Waals surface area contributed by atoms with Crippen molar-refractivity contribution in [2.45, 2.75) is 6.61 Å². The van der Waals surface area contributed by atoms with E-state index in [0.717, 1.165) is 11.3 Å². The van der Waals surface area contributed by atoms with Crippen molar-refractivity contribution < 1.29 is 17.9 Å². The standard InChI is InChI=1S/C18H12F3NOS/c19-14-8-5-12(6-9-14)15-11-24-17(22-15)10-7-13-3-1-2-4-16(13)23-18(20)21/h1-11,18H/b10-7+. The minimum atomic E-state index is -2.87. The van der Waals surface area contributed by atoms with Crippen LogP contribution in [0.2, 0.25) is 0 Å². The third-order valence-electron chi connectivity index (χ3n) is 3.20. The molecule has 3 rings (SSSR count). The highest BCUT2D eigenvalue weighted by molar-refractivity contribution is 7.10. The molecular formula is C18H12F3NOS. The van der Waals surface area contributed by atoms with Gasteiger partial charge in [0.05, 0.1) is 5.69 Å². The van der Waals surface area contributed by atoms with Crippen LogP contribution in [0.4, 0.5) is 13.2 Å². The van der Waals surface area contributed by atoms with E-state index in [0.29, 0.717) is 10.6 Å². The van der Waals surface area contributed by atoms with Crippen LogP contribution >= 0.6 is 11.3 Å². The van der Waals surface area contributed by atoms with E-state index in [-0.39, 0.29) is 11.6 Å². The topological polar surface area (TPSA) is 22.1 Å². The number of hydrogen-bond acceptors (Lipinski definition) is 3. The molecule has 0 fully saturated rings. The molecule has 0 radical (unpaired) electrons. The second-order valence-electron chi connectivity index (χ2n) is 4.83. The zero-order chi connectivity index (χ0) is 16.9. The first-order valence-electron chi connectivity index (χ1n) is 7.05. The average Bonchev–Trinajstić information content (AvgIpc) is 3.03. The van der Waals surface area contributed by atoms with Gasteiger partial charge in [0.25, 0.3) is 0 Å². The van der Waals surface area contributed by atoms with Gasteiger partial charge in [0.15, 0.2) is 0 Å². The van der Waals surface area contributed by atoms with E-state index in [4.69, 9.17) is 0 Å². The fourth-order valence-electron chi connectivity index (χ4n) is 2.10. The van der Waals surface area contributed by atoms with Crippen LogP contribution in [0.1, 0.15) is 10.6 Å². The molecule has 3 aromatic rings. The highest BCUT2D eigenvalue weighted by atomic mass is 32.1. The SMILES string of the molecule is Fc1ccc(-c2csc(/C=C/c3ccccc3OC(F)F)n2)cc1. The van der Waals surface area contributed by atoms with Crippen LogP contribution in [-0.2, 0) is 0 Å². The number of thiazole rings is 1. The highest BCUT2D eigenvalue weighted by Crippen LogP contribution is 2.25. The van der Waals surface area contributed by atoms with E-state index < -0.39 is 6.61 Å². The monoisotopic (exact) mass is 347 g/mol. The maximum absolute atomic E-state index is 13.0. The number of rotatable bonds is 5. The number of hydrogen-bond donors (Lipinski definition) is 0. The van der Waals surface area contributed by atoms with Crippen LogP contribution in [0.5, 0.6) is 5.75 Å². The van der Waals surface area contributed by atoms with Gasteiger partial charge in [0, 0.05) is 16.5 Å². The van der Waals surface area contributed by atoms with E-state index in [1.165, 1.54) is 29.5 Å². The zero-order valence-electron chi connectivity index (χ0n) is 12.3. The third-order valence-corrected chi connectivity index (χ3v) is 4.01. The van der Waals surface area contributed by atoms with Crippen LogP contribution in [0.25, 0.3) is 23.4 Å². The van der Waals surface area contributed by atoms with Crippen LogP contribution in [-0.4, -0.2) is 11.6 Å². The normalized spacial score (nSPS) is 11.3. The first-order valence-corrected chi connectivity index (χ1v) is 7.93. The summed E-state index contributed by atoms with van der Waals surface area (Å²) in [5.74, 6) is -0.191. The Labute approximate surface area is 140 Å². The first kappa shape index (κ1) is 16.3. The first-order chi connectivity index (χ1) is 11.6. The lowest BCUT2D eigenvalue weighted by Gasteiger charge is -2.06. The minimum absolute atomic E-state index is 0.110. The van der Waals surface area contributed by atoms with Gasteiger partial charge in [-0.25, -0.2) is 9.37 Å². The summed E-state index contributed by atoms with van der Waals surface area (Å²) in [7, 11) is 0. The van der Waals surface area contributed by atoms with Gasteiger partial charge in [0.1, 0.15) is 16.6 Å². The molecule has 1 aromatic heterocycles. The van der Waals surface area contributed by atoms with Crippen molar-refractivity contribution in [3.05, 3.63) is 70.3 Å². The lowest BCUT2D eigenvalue weighted by atomic mass is 10.2. The van der Waals surface area contributed by atoms with Crippen molar-refractivity contribution in [2.75, 3.05) is 0 Å². The van der Waals surface area contributed by atoms with E-state index in [2.05, 4.69) is 9.72 Å². The Bertz CT molecular complexity index is 843. The smallest absolute Gasteiger partial charge is 0.387 e. The molecule has 2 aromatic carbocycles. The van der Waals surface area contributed by atoms with Gasteiger partial charge in [-0.2, -0.15) is 8.78 Å². The zero-order valence-corrected chi connectivity index (χ0v) is 13.1. The van der Waals surface area contributed by atoms with Crippen molar-refractivity contribution in [1.82, 2.24) is 4.98 Å².